The molecule has 6 nitrogen and oxygen atoms in total. The van der Waals surface area contributed by atoms with E-state index in [9.17, 15) is 8.42 Å². The maximum atomic E-state index is 14.4. The number of sulfone groups is 1. The molecule has 0 aliphatic carbocycles. The van der Waals surface area contributed by atoms with Crippen LogP contribution in [0.1, 0.15) is 52.7 Å². The number of pyridine rings is 1. The first-order valence-electron chi connectivity index (χ1n) is 16.1. The monoisotopic (exact) mass is 834 g/mol. The van der Waals surface area contributed by atoms with Crippen LogP contribution in [0.3, 0.4) is 0 Å². The van der Waals surface area contributed by atoms with Gasteiger partial charge >= 0.3 is 0 Å². The Morgan fingerprint density at radius 2 is 1.46 bits per heavy atom. The van der Waals surface area contributed by atoms with E-state index in [0.29, 0.717) is 14.5 Å². The Morgan fingerprint density at radius 1 is 0.771 bits per heavy atom. The van der Waals surface area contributed by atoms with Gasteiger partial charge in [0.1, 0.15) is 5.82 Å². The number of aromatic nitrogens is 2. The van der Waals surface area contributed by atoms with E-state index in [4.69, 9.17) is 4.98 Å². The van der Waals surface area contributed by atoms with Gasteiger partial charge in [0.2, 0.25) is 0 Å². The fourth-order valence-corrected chi connectivity index (χ4v) is 8.59. The second-order valence-electron chi connectivity index (χ2n) is 15.3. The summed E-state index contributed by atoms with van der Waals surface area (Å²) in [5.41, 5.74) is 7.21. The maximum Gasteiger partial charge on any atom is 0.179 e. The van der Waals surface area contributed by atoms with Crippen LogP contribution in [0.25, 0.3) is 27.6 Å². The average Bonchev–Trinajstić information content (AvgIpc) is 3.59. The molecule has 48 heavy (non-hydrogen) atoms. The molecule has 8 heteroatoms. The standard InChI is InChI=1S/C40H39N4O2S.Pt/c1-39(2,3)27-15-18-36-37(21-27)44(25-43(36,7)26-44)29-11-10-12-30(23-29)47(45,46)31-16-17-33-32-13-8-9-14-34(32)42(35(33)24-31)38-22-28(19-20-41-38)40(4,5)6;/h8-22,25H,26H2,1-7H3;/q-1;/t43-,44+;/m0./s1. The molecule has 9 rings (SSSR count). The van der Waals surface area contributed by atoms with Gasteiger partial charge in [0.25, 0.3) is 0 Å². The van der Waals surface area contributed by atoms with Crippen LogP contribution < -0.4 is 8.97 Å². The van der Waals surface area contributed by atoms with Crippen molar-refractivity contribution in [2.24, 2.45) is 0 Å². The van der Waals surface area contributed by atoms with Gasteiger partial charge in [0.15, 0.2) is 27.9 Å². The molecule has 0 spiro atoms. The van der Waals surface area contributed by atoms with E-state index in [1.54, 1.807) is 12.1 Å². The van der Waals surface area contributed by atoms with Crippen LogP contribution in [-0.2, 0) is 41.7 Å². The summed E-state index contributed by atoms with van der Waals surface area (Å²) in [6.07, 6.45) is 1.82. The van der Waals surface area contributed by atoms with Crippen molar-refractivity contribution in [3.05, 3.63) is 121 Å². The van der Waals surface area contributed by atoms with Gasteiger partial charge in [0, 0.05) is 50.6 Å². The normalized spacial score (nSPS) is 20.4. The van der Waals surface area contributed by atoms with E-state index in [1.807, 2.05) is 53.2 Å². The third kappa shape index (κ3) is 4.77. The molecule has 2 aromatic heterocycles. The number of hydrogen-bond donors (Lipinski definition) is 0. The summed E-state index contributed by atoms with van der Waals surface area (Å²) in [5, 5.41) is 1.95. The van der Waals surface area contributed by atoms with Gasteiger partial charge in [-0.2, -0.15) is 24.3 Å². The van der Waals surface area contributed by atoms with Crippen LogP contribution in [-0.4, -0.2) is 31.7 Å². The first kappa shape index (κ1) is 32.9. The van der Waals surface area contributed by atoms with Gasteiger partial charge in [-0.25, -0.2) is 13.4 Å². The van der Waals surface area contributed by atoms with Crippen LogP contribution >= 0.6 is 0 Å². The molecule has 0 amide bonds. The zero-order valence-electron chi connectivity index (χ0n) is 28.3. The van der Waals surface area contributed by atoms with Crippen molar-refractivity contribution in [1.82, 2.24) is 18.5 Å². The van der Waals surface area contributed by atoms with Crippen LogP contribution in [0, 0.1) is 18.8 Å². The van der Waals surface area contributed by atoms with Crippen LogP contribution in [0.2, 0.25) is 0 Å². The summed E-state index contributed by atoms with van der Waals surface area (Å²) in [4.78, 5) is 4.99. The molecule has 2 atom stereocenters. The Balaban J connectivity index is 0.00000364. The SMILES string of the molecule is CC(C)(C)c1ccnc(-n2c3[c-]c(S(=O)(=O)c4[c-]c([N@@+]56[CH-][N@@+](C)(C5)c5ccc(C(C)(C)C)cc56)ccc4)ccc3c3ccccc32)c1.[Pt]. The van der Waals surface area contributed by atoms with Crippen molar-refractivity contribution in [1.29, 1.82) is 0 Å². The summed E-state index contributed by atoms with van der Waals surface area (Å²) < 4.78 is 32.0. The molecule has 6 aromatic rings. The zero-order valence-corrected chi connectivity index (χ0v) is 31.4. The van der Waals surface area contributed by atoms with Crippen molar-refractivity contribution in [3.8, 4) is 5.82 Å². The van der Waals surface area contributed by atoms with Gasteiger partial charge in [-0.1, -0.05) is 71.3 Å². The molecule has 0 unspecified atom stereocenters. The molecule has 2 bridgehead atoms. The summed E-state index contributed by atoms with van der Waals surface area (Å²) >= 11 is 0. The summed E-state index contributed by atoms with van der Waals surface area (Å²) in [6.45, 7) is 16.2. The predicted octanol–water partition coefficient (Wildman–Crippen LogP) is 8.88. The van der Waals surface area contributed by atoms with Crippen molar-refractivity contribution >= 4 is 48.7 Å². The summed E-state index contributed by atoms with van der Waals surface area (Å²) in [6, 6.07) is 34.7. The molecule has 3 aliphatic heterocycles. The van der Waals surface area contributed by atoms with Gasteiger partial charge < -0.3 is 13.5 Å². The smallest absolute Gasteiger partial charge is 0.179 e. The van der Waals surface area contributed by atoms with Crippen LogP contribution in [0.4, 0.5) is 17.1 Å². The number of rotatable bonds is 4. The second kappa shape index (κ2) is 10.7. The van der Waals surface area contributed by atoms with Crippen molar-refractivity contribution in [3.63, 3.8) is 0 Å². The molecular formula is C40H39N4O2PtS-. The second-order valence-corrected chi connectivity index (χ2v) is 17.2. The molecule has 4 aromatic carbocycles. The Morgan fingerprint density at radius 3 is 2.19 bits per heavy atom. The minimum atomic E-state index is -3.96. The van der Waals surface area contributed by atoms with Crippen LogP contribution in [0.15, 0.2) is 101 Å². The molecule has 3 aliphatic rings. The Hall–Kier alpha value is -3.61. The Labute approximate surface area is 298 Å². The number of quaternary nitrogens is 2. The van der Waals surface area contributed by atoms with Gasteiger partial charge in [0.05, 0.1) is 13.7 Å². The van der Waals surface area contributed by atoms with Gasteiger partial charge in [-0.15, -0.1) is 23.6 Å². The van der Waals surface area contributed by atoms with E-state index in [2.05, 4.69) is 97.7 Å². The fraction of sp³-hybridized carbons (Fsp3) is 0.250. The van der Waals surface area contributed by atoms with Crippen molar-refractivity contribution < 1.29 is 29.5 Å². The Bertz CT molecular complexity index is 2380. The quantitative estimate of drug-likeness (QED) is 0.132. The Kier molecular flexibility index (Phi) is 7.33. The number of benzene rings is 4. The zero-order chi connectivity index (χ0) is 33.1. The topological polar surface area (TPSA) is 52.0 Å². The van der Waals surface area contributed by atoms with E-state index in [1.165, 1.54) is 16.9 Å². The maximum absolute atomic E-state index is 14.4. The van der Waals surface area contributed by atoms with Crippen molar-refractivity contribution in [2.45, 2.75) is 62.2 Å². The van der Waals surface area contributed by atoms with E-state index in [0.717, 1.165) is 40.0 Å². The average molecular weight is 835 g/mol. The molecule has 5 heterocycles. The first-order chi connectivity index (χ1) is 22.1. The number of nitrogens with zero attached hydrogens (tertiary/aromatic N) is 4. The molecule has 0 radical (unpaired) electrons. The molecule has 0 N–H and O–H groups in total. The molecule has 1 fully saturated rings. The number of para-hydroxylation sites is 1. The van der Waals surface area contributed by atoms with E-state index < -0.39 is 9.84 Å². The van der Waals surface area contributed by atoms with E-state index >= 15 is 0 Å². The third-order valence-corrected chi connectivity index (χ3v) is 11.6. The van der Waals surface area contributed by atoms with Crippen molar-refractivity contribution in [2.75, 3.05) is 13.7 Å². The molecule has 248 valence electrons. The minimum Gasteiger partial charge on any atom is -0.325 e. The van der Waals surface area contributed by atoms with E-state index in [-0.39, 0.29) is 41.7 Å². The summed E-state index contributed by atoms with van der Waals surface area (Å²) in [7, 11) is -1.75. The molecule has 1 saturated heterocycles. The minimum absolute atomic E-state index is 0. The van der Waals surface area contributed by atoms with Crippen LogP contribution in [0.5, 0.6) is 0 Å². The van der Waals surface area contributed by atoms with Gasteiger partial charge in [-0.3, -0.25) is 0 Å². The first-order valence-corrected chi connectivity index (χ1v) is 17.6. The number of fused-ring (bicyclic) bond motifs is 3. The molecule has 0 saturated carbocycles. The third-order valence-electron chi connectivity index (χ3n) is 9.95. The predicted molar refractivity (Wildman–Crippen MR) is 190 cm³/mol. The molecular weight excluding hydrogens is 796 g/mol. The fourth-order valence-electron chi connectivity index (χ4n) is 7.38. The largest absolute Gasteiger partial charge is 0.325 e. The number of hydrogen-bond acceptors (Lipinski definition) is 3. The van der Waals surface area contributed by atoms with Gasteiger partial charge in [-0.05, 0) is 55.3 Å². The summed E-state index contributed by atoms with van der Waals surface area (Å²) in [5.74, 6) is 0.732.